The predicted octanol–water partition coefficient (Wildman–Crippen LogP) is 3.28. The second-order valence-corrected chi connectivity index (χ2v) is 7.80. The van der Waals surface area contributed by atoms with Crippen molar-refractivity contribution >= 4 is 35.2 Å². The average molecular weight is 479 g/mol. The highest BCUT2D eigenvalue weighted by Crippen LogP contribution is 2.24. The Morgan fingerprint density at radius 1 is 0.735 bits per heavy atom. The highest BCUT2D eigenvalue weighted by atomic mass is 35.5. The fraction of sp³-hybridized carbons (Fsp3) is 0.154. The Hall–Kier alpha value is -3.97. The van der Waals surface area contributed by atoms with E-state index in [1.54, 1.807) is 54.6 Å². The molecule has 0 heterocycles. The van der Waals surface area contributed by atoms with E-state index in [2.05, 4.69) is 10.6 Å². The molecule has 3 aromatic rings. The summed E-state index contributed by atoms with van der Waals surface area (Å²) in [4.78, 5) is 49.4. The zero-order valence-electron chi connectivity index (χ0n) is 18.2. The minimum absolute atomic E-state index is 0.139. The number of esters is 1. The fourth-order valence-electron chi connectivity index (χ4n) is 3.09. The Bertz CT molecular complexity index is 1130. The zero-order chi connectivity index (χ0) is 24.3. The number of rotatable bonds is 10. The normalized spacial score (nSPS) is 11.2. The lowest BCUT2D eigenvalue weighted by Crippen LogP contribution is -2.40. The van der Waals surface area contributed by atoms with Crippen molar-refractivity contribution in [2.45, 2.75) is 12.5 Å². The van der Waals surface area contributed by atoms with Crippen LogP contribution in [-0.4, -0.2) is 36.7 Å². The van der Waals surface area contributed by atoms with E-state index in [-0.39, 0.29) is 18.9 Å². The topological polar surface area (TPSA) is 102 Å². The van der Waals surface area contributed by atoms with Crippen LogP contribution < -0.4 is 10.6 Å². The lowest BCUT2D eigenvalue weighted by molar-refractivity contribution is -0.147. The summed E-state index contributed by atoms with van der Waals surface area (Å²) in [6.07, 6.45) is -1.06. The van der Waals surface area contributed by atoms with Crippen molar-refractivity contribution in [3.63, 3.8) is 0 Å². The first-order valence-corrected chi connectivity index (χ1v) is 10.9. The highest BCUT2D eigenvalue weighted by Gasteiger charge is 2.26. The molecule has 0 aliphatic heterocycles. The van der Waals surface area contributed by atoms with Crippen LogP contribution in [0.1, 0.15) is 27.6 Å². The van der Waals surface area contributed by atoms with E-state index in [1.165, 1.54) is 0 Å². The van der Waals surface area contributed by atoms with Gasteiger partial charge >= 0.3 is 5.97 Å². The third-order valence-electron chi connectivity index (χ3n) is 4.80. The number of carbonyl (C=O) groups excluding carboxylic acids is 4. The smallest absolute Gasteiger partial charge is 0.326 e. The third kappa shape index (κ3) is 7.56. The first-order chi connectivity index (χ1) is 16.4. The summed E-state index contributed by atoms with van der Waals surface area (Å²) in [6.45, 7) is -0.748. The second-order valence-electron chi connectivity index (χ2n) is 7.37. The summed E-state index contributed by atoms with van der Waals surface area (Å²) in [5.74, 6) is -2.08. The molecule has 2 N–H and O–H groups in total. The SMILES string of the molecule is O=C(CNC(=O)Cc1ccccc1)NCC(=O)O[C@H](C(=O)c1ccccc1)c1ccc(Cl)cc1. The second kappa shape index (κ2) is 12.3. The highest BCUT2D eigenvalue weighted by molar-refractivity contribution is 6.30. The lowest BCUT2D eigenvalue weighted by atomic mass is 10.00. The number of Topliss-reactive ketones (excluding diaryl/α,β-unsaturated/α-hetero) is 1. The van der Waals surface area contributed by atoms with Crippen molar-refractivity contribution < 1.29 is 23.9 Å². The first kappa shape index (κ1) is 24.7. The molecule has 0 spiro atoms. The number of hydrogen-bond donors (Lipinski definition) is 2. The molecule has 0 bridgehead atoms. The Labute approximate surface area is 202 Å². The van der Waals surface area contributed by atoms with E-state index < -0.39 is 30.3 Å². The van der Waals surface area contributed by atoms with Gasteiger partial charge in [-0.2, -0.15) is 0 Å². The molecule has 0 aromatic heterocycles. The average Bonchev–Trinajstić information content (AvgIpc) is 2.86. The van der Waals surface area contributed by atoms with Crippen LogP contribution in [0.3, 0.4) is 0 Å². The van der Waals surface area contributed by atoms with Crippen LogP contribution in [0.2, 0.25) is 5.02 Å². The maximum Gasteiger partial charge on any atom is 0.326 e. The molecular formula is C26H23ClN2O5. The van der Waals surface area contributed by atoms with E-state index in [1.807, 2.05) is 30.3 Å². The van der Waals surface area contributed by atoms with Gasteiger partial charge in [-0.05, 0) is 17.7 Å². The summed E-state index contributed by atoms with van der Waals surface area (Å²) >= 11 is 5.93. The van der Waals surface area contributed by atoms with Crippen molar-refractivity contribution in [3.8, 4) is 0 Å². The molecule has 34 heavy (non-hydrogen) atoms. The lowest BCUT2D eigenvalue weighted by Gasteiger charge is -2.18. The number of benzene rings is 3. The van der Waals surface area contributed by atoms with Crippen LogP contribution in [-0.2, 0) is 25.5 Å². The molecule has 0 radical (unpaired) electrons. The Morgan fingerprint density at radius 3 is 1.97 bits per heavy atom. The predicted molar refractivity (Wildman–Crippen MR) is 127 cm³/mol. The molecule has 174 valence electrons. The number of ketones is 1. The first-order valence-electron chi connectivity index (χ1n) is 10.5. The van der Waals surface area contributed by atoms with Crippen molar-refractivity contribution in [2.24, 2.45) is 0 Å². The van der Waals surface area contributed by atoms with Crippen LogP contribution in [0.25, 0.3) is 0 Å². The number of ether oxygens (including phenoxy) is 1. The van der Waals surface area contributed by atoms with E-state index in [0.717, 1.165) is 5.56 Å². The summed E-state index contributed by atoms with van der Waals surface area (Å²) in [7, 11) is 0. The van der Waals surface area contributed by atoms with Crippen molar-refractivity contribution in [1.29, 1.82) is 0 Å². The largest absolute Gasteiger partial charge is 0.448 e. The molecule has 3 rings (SSSR count). The number of amides is 2. The van der Waals surface area contributed by atoms with Crippen LogP contribution in [0.5, 0.6) is 0 Å². The standard InChI is InChI=1S/C26H23ClN2O5/c27-21-13-11-20(12-14-21)26(25(33)19-9-5-2-6-10-19)34-24(32)17-29-23(31)16-28-22(30)15-18-7-3-1-4-8-18/h1-14,26H,15-17H2,(H,28,30)(H,29,31)/t26-/m0/s1. The molecule has 7 nitrogen and oxygen atoms in total. The molecular weight excluding hydrogens is 456 g/mol. The number of nitrogens with one attached hydrogen (secondary N) is 2. The fourth-order valence-corrected chi connectivity index (χ4v) is 3.22. The van der Waals surface area contributed by atoms with Gasteiger partial charge in [-0.25, -0.2) is 0 Å². The van der Waals surface area contributed by atoms with E-state index >= 15 is 0 Å². The van der Waals surface area contributed by atoms with Crippen molar-refractivity contribution in [3.05, 3.63) is 107 Å². The summed E-state index contributed by atoms with van der Waals surface area (Å²) in [6, 6.07) is 23.9. The summed E-state index contributed by atoms with van der Waals surface area (Å²) in [5.41, 5.74) is 1.65. The molecule has 2 amide bonds. The van der Waals surface area contributed by atoms with Gasteiger partial charge in [-0.3, -0.25) is 19.2 Å². The minimum Gasteiger partial charge on any atom is -0.448 e. The molecule has 0 aliphatic rings. The molecule has 8 heteroatoms. The maximum atomic E-state index is 13.0. The van der Waals surface area contributed by atoms with Gasteiger partial charge in [0.15, 0.2) is 6.10 Å². The Balaban J connectivity index is 1.53. The van der Waals surface area contributed by atoms with Gasteiger partial charge < -0.3 is 15.4 Å². The molecule has 0 fully saturated rings. The molecule has 3 aromatic carbocycles. The molecule has 0 aliphatic carbocycles. The maximum absolute atomic E-state index is 13.0. The van der Waals surface area contributed by atoms with E-state index in [0.29, 0.717) is 16.1 Å². The quantitative estimate of drug-likeness (QED) is 0.344. The van der Waals surface area contributed by atoms with E-state index in [4.69, 9.17) is 16.3 Å². The third-order valence-corrected chi connectivity index (χ3v) is 5.05. The van der Waals surface area contributed by atoms with Gasteiger partial charge in [-0.1, -0.05) is 84.4 Å². The van der Waals surface area contributed by atoms with Crippen molar-refractivity contribution in [2.75, 3.05) is 13.1 Å². The number of carbonyl (C=O) groups is 4. The number of halogens is 1. The van der Waals surface area contributed by atoms with Gasteiger partial charge in [0.05, 0.1) is 13.0 Å². The van der Waals surface area contributed by atoms with E-state index in [9.17, 15) is 19.2 Å². The van der Waals surface area contributed by atoms with Crippen LogP contribution in [0.15, 0.2) is 84.9 Å². The van der Waals surface area contributed by atoms with Crippen molar-refractivity contribution in [1.82, 2.24) is 10.6 Å². The molecule has 0 unspecified atom stereocenters. The minimum atomic E-state index is -1.20. The van der Waals surface area contributed by atoms with Crippen LogP contribution in [0, 0.1) is 0 Å². The molecule has 0 saturated heterocycles. The van der Waals surface area contributed by atoms with Gasteiger partial charge in [-0.15, -0.1) is 0 Å². The molecule has 0 saturated carbocycles. The van der Waals surface area contributed by atoms with Gasteiger partial charge in [0, 0.05) is 16.1 Å². The number of hydrogen-bond acceptors (Lipinski definition) is 5. The van der Waals surface area contributed by atoms with Gasteiger partial charge in [0.25, 0.3) is 0 Å². The van der Waals surface area contributed by atoms with Crippen LogP contribution >= 0.6 is 11.6 Å². The van der Waals surface area contributed by atoms with Crippen LogP contribution in [0.4, 0.5) is 0 Å². The van der Waals surface area contributed by atoms with Gasteiger partial charge in [0.2, 0.25) is 17.6 Å². The monoisotopic (exact) mass is 478 g/mol. The Morgan fingerprint density at radius 2 is 1.32 bits per heavy atom. The Kier molecular flexibility index (Phi) is 8.94. The summed E-state index contributed by atoms with van der Waals surface area (Å²) in [5, 5.41) is 5.36. The molecule has 1 atom stereocenters. The van der Waals surface area contributed by atoms with Gasteiger partial charge in [0.1, 0.15) is 6.54 Å². The summed E-state index contributed by atoms with van der Waals surface area (Å²) < 4.78 is 5.41. The zero-order valence-corrected chi connectivity index (χ0v) is 19.0.